The number of hydrogen-bond acceptors (Lipinski definition) is 5. The van der Waals surface area contributed by atoms with Gasteiger partial charge in [-0.2, -0.15) is 5.26 Å². The Balaban J connectivity index is 1.14. The minimum atomic E-state index is 0.537. The van der Waals surface area contributed by atoms with Crippen molar-refractivity contribution in [2.24, 2.45) is 0 Å². The van der Waals surface area contributed by atoms with Crippen molar-refractivity contribution in [3.8, 4) is 51.6 Å². The lowest BCUT2D eigenvalue weighted by atomic mass is 10.0. The average Bonchev–Trinajstić information content (AvgIpc) is 3.98. The molecule has 0 saturated carbocycles. The van der Waals surface area contributed by atoms with Crippen molar-refractivity contribution < 1.29 is 4.42 Å². The van der Waals surface area contributed by atoms with Crippen LogP contribution in [0, 0.1) is 11.3 Å². The van der Waals surface area contributed by atoms with E-state index in [-0.39, 0.29) is 0 Å². The van der Waals surface area contributed by atoms with Gasteiger partial charge in [0, 0.05) is 60.4 Å². The topological polar surface area (TPSA) is 85.5 Å². The molecule has 0 saturated heterocycles. The van der Waals surface area contributed by atoms with Crippen LogP contribution < -0.4 is 0 Å². The van der Waals surface area contributed by atoms with Gasteiger partial charge in [-0.25, -0.2) is 15.0 Å². The molecule has 0 aliphatic carbocycles. The molecule has 0 amide bonds. The normalized spacial score (nSPS) is 11.7. The maximum atomic E-state index is 9.41. The Morgan fingerprint density at radius 1 is 0.407 bits per heavy atom. The van der Waals surface area contributed by atoms with Crippen LogP contribution in [0.15, 0.2) is 186 Å². The summed E-state index contributed by atoms with van der Waals surface area (Å²) in [5.41, 5.74) is 11.3. The second kappa shape index (κ2) is 12.8. The van der Waals surface area contributed by atoms with E-state index in [0.29, 0.717) is 23.0 Å². The number of furan rings is 1. The van der Waals surface area contributed by atoms with Gasteiger partial charge in [0.25, 0.3) is 0 Å². The molecule has 12 aromatic rings. The Hall–Kier alpha value is -8.34. The van der Waals surface area contributed by atoms with Crippen LogP contribution in [-0.4, -0.2) is 24.1 Å². The van der Waals surface area contributed by atoms with Crippen molar-refractivity contribution in [2.75, 3.05) is 0 Å². The number of rotatable bonds is 5. The van der Waals surface area contributed by atoms with Gasteiger partial charge < -0.3 is 13.6 Å². The molecule has 0 aliphatic rings. The monoisotopic (exact) mass is 754 g/mol. The number of aromatic nitrogens is 5. The van der Waals surface area contributed by atoms with Gasteiger partial charge in [-0.3, -0.25) is 0 Å². The highest BCUT2D eigenvalue weighted by molar-refractivity contribution is 6.39. The average molecular weight is 755 g/mol. The molecule has 59 heavy (non-hydrogen) atoms. The third kappa shape index (κ3) is 4.97. The smallest absolute Gasteiger partial charge is 0.164 e. The van der Waals surface area contributed by atoms with Gasteiger partial charge in [-0.15, -0.1) is 0 Å². The van der Waals surface area contributed by atoms with Crippen LogP contribution in [0.3, 0.4) is 0 Å². The quantitative estimate of drug-likeness (QED) is 0.175. The molecule has 0 atom stereocenters. The molecule has 8 aromatic carbocycles. The lowest BCUT2D eigenvalue weighted by molar-refractivity contribution is 0.671. The first-order valence-electron chi connectivity index (χ1n) is 19.5. The van der Waals surface area contributed by atoms with E-state index in [2.05, 4.69) is 137 Å². The Kier molecular flexibility index (Phi) is 7.16. The maximum absolute atomic E-state index is 9.41. The molecule has 274 valence electrons. The van der Waals surface area contributed by atoms with Gasteiger partial charge in [0.2, 0.25) is 0 Å². The molecular weight excluding hydrogens is 725 g/mol. The van der Waals surface area contributed by atoms with Crippen LogP contribution in [0.1, 0.15) is 5.56 Å². The Labute approximate surface area is 337 Å². The van der Waals surface area contributed by atoms with E-state index >= 15 is 0 Å². The van der Waals surface area contributed by atoms with E-state index in [4.69, 9.17) is 19.4 Å². The van der Waals surface area contributed by atoms with Crippen molar-refractivity contribution in [3.63, 3.8) is 0 Å². The van der Waals surface area contributed by atoms with E-state index in [0.717, 1.165) is 82.8 Å². The number of fused-ring (bicyclic) bond motifs is 12. The van der Waals surface area contributed by atoms with E-state index in [1.807, 2.05) is 48.5 Å². The first kappa shape index (κ1) is 32.9. The molecular formula is C52H30N6O. The fraction of sp³-hybridized carbons (Fsp3) is 0. The van der Waals surface area contributed by atoms with Crippen LogP contribution >= 0.6 is 0 Å². The Morgan fingerprint density at radius 2 is 0.881 bits per heavy atom. The van der Waals surface area contributed by atoms with Crippen LogP contribution in [0.4, 0.5) is 0 Å². The zero-order chi connectivity index (χ0) is 39.0. The minimum Gasteiger partial charge on any atom is -0.454 e. The number of hydrogen-bond donors (Lipinski definition) is 0. The molecule has 4 aromatic heterocycles. The molecule has 7 heteroatoms. The zero-order valence-electron chi connectivity index (χ0n) is 31.4. The molecule has 0 unspecified atom stereocenters. The largest absolute Gasteiger partial charge is 0.454 e. The molecule has 12 rings (SSSR count). The first-order chi connectivity index (χ1) is 29.2. The molecule has 7 nitrogen and oxygen atoms in total. The lowest BCUT2D eigenvalue weighted by Gasteiger charge is -2.12. The van der Waals surface area contributed by atoms with Crippen LogP contribution in [0.2, 0.25) is 0 Å². The fourth-order valence-electron chi connectivity index (χ4n) is 8.80. The van der Waals surface area contributed by atoms with E-state index in [9.17, 15) is 5.26 Å². The van der Waals surface area contributed by atoms with Gasteiger partial charge in [0.15, 0.2) is 23.1 Å². The number of nitriles is 1. The van der Waals surface area contributed by atoms with Gasteiger partial charge in [0.05, 0.1) is 33.7 Å². The van der Waals surface area contributed by atoms with Crippen LogP contribution in [-0.2, 0) is 0 Å². The molecule has 0 aliphatic heterocycles. The number of nitrogens with zero attached hydrogens (tertiary/aromatic N) is 6. The van der Waals surface area contributed by atoms with Crippen molar-refractivity contribution in [1.29, 1.82) is 5.26 Å². The molecule has 4 heterocycles. The van der Waals surface area contributed by atoms with Crippen LogP contribution in [0.5, 0.6) is 0 Å². The van der Waals surface area contributed by atoms with Crippen molar-refractivity contribution in [1.82, 2.24) is 24.1 Å². The summed E-state index contributed by atoms with van der Waals surface area (Å²) in [7, 11) is 0. The standard InChI is InChI=1S/C52H30N6O/c53-31-32-23-25-34(26-24-32)51-54-50(33-13-3-1-4-14-33)55-52(56-51)35-27-29-37(30-28-35)58-42-21-11-8-18-39(42)46-47-44(45-40-19-9-12-22-43(40)59-49(45)48(46)58)38-17-7-10-20-41(38)57(47)36-15-5-2-6-16-36/h1-30H. The van der Waals surface area contributed by atoms with Crippen molar-refractivity contribution in [3.05, 3.63) is 188 Å². The van der Waals surface area contributed by atoms with Crippen molar-refractivity contribution in [2.45, 2.75) is 0 Å². The molecule has 0 bridgehead atoms. The Bertz CT molecular complexity index is 3650. The van der Waals surface area contributed by atoms with Gasteiger partial charge in [-0.05, 0) is 78.9 Å². The first-order valence-corrected chi connectivity index (χ1v) is 19.5. The summed E-state index contributed by atoms with van der Waals surface area (Å²) in [5, 5.41) is 16.2. The zero-order valence-corrected chi connectivity index (χ0v) is 31.4. The van der Waals surface area contributed by atoms with E-state index in [1.165, 1.54) is 10.8 Å². The third-order valence-electron chi connectivity index (χ3n) is 11.4. The summed E-state index contributed by atoms with van der Waals surface area (Å²) in [6.45, 7) is 0. The van der Waals surface area contributed by atoms with E-state index in [1.54, 1.807) is 12.1 Å². The summed E-state index contributed by atoms with van der Waals surface area (Å²) < 4.78 is 11.7. The summed E-state index contributed by atoms with van der Waals surface area (Å²) >= 11 is 0. The summed E-state index contributed by atoms with van der Waals surface area (Å²) in [5.74, 6) is 1.67. The second-order valence-electron chi connectivity index (χ2n) is 14.7. The molecule has 0 N–H and O–H groups in total. The molecule has 0 fully saturated rings. The summed E-state index contributed by atoms with van der Waals surface area (Å²) in [4.78, 5) is 14.8. The maximum Gasteiger partial charge on any atom is 0.164 e. The predicted molar refractivity (Wildman–Crippen MR) is 237 cm³/mol. The SMILES string of the molecule is N#Cc1ccc(-c2nc(-c3ccccc3)nc(-c3ccc(-n4c5ccccc5c5c4c4oc6ccccc6c4c4c6ccccc6n(-c6ccccc6)c45)cc3)n2)cc1. The van der Waals surface area contributed by atoms with Gasteiger partial charge in [0.1, 0.15) is 5.58 Å². The highest BCUT2D eigenvalue weighted by atomic mass is 16.3. The third-order valence-corrected chi connectivity index (χ3v) is 11.4. The second-order valence-corrected chi connectivity index (χ2v) is 14.7. The highest BCUT2D eigenvalue weighted by Gasteiger charge is 2.27. The highest BCUT2D eigenvalue weighted by Crippen LogP contribution is 2.49. The van der Waals surface area contributed by atoms with Crippen molar-refractivity contribution >= 4 is 65.6 Å². The van der Waals surface area contributed by atoms with Gasteiger partial charge >= 0.3 is 0 Å². The van der Waals surface area contributed by atoms with Gasteiger partial charge in [-0.1, -0.05) is 103 Å². The fourth-order valence-corrected chi connectivity index (χ4v) is 8.80. The van der Waals surface area contributed by atoms with Crippen LogP contribution in [0.25, 0.3) is 111 Å². The van der Waals surface area contributed by atoms with E-state index < -0.39 is 0 Å². The predicted octanol–water partition coefficient (Wildman–Crippen LogP) is 12.8. The molecule has 0 spiro atoms. The number of benzene rings is 8. The summed E-state index contributed by atoms with van der Waals surface area (Å²) in [6, 6.07) is 64.3. The Morgan fingerprint density at radius 3 is 1.51 bits per heavy atom. The minimum absolute atomic E-state index is 0.537. The summed E-state index contributed by atoms with van der Waals surface area (Å²) in [6.07, 6.45) is 0. The lowest BCUT2D eigenvalue weighted by Crippen LogP contribution is -2.00. The number of para-hydroxylation sites is 4. The molecule has 0 radical (unpaired) electrons.